The molecule has 3 aromatic heterocycles. The van der Waals surface area contributed by atoms with Crippen molar-refractivity contribution >= 4 is 38.7 Å². The average Bonchev–Trinajstić information content (AvgIpc) is 2.86. The van der Waals surface area contributed by atoms with E-state index >= 15 is 0 Å². The fourth-order valence-corrected chi connectivity index (χ4v) is 3.20. The van der Waals surface area contributed by atoms with Gasteiger partial charge in [0, 0.05) is 10.7 Å². The van der Waals surface area contributed by atoms with Crippen LogP contribution in [0.3, 0.4) is 0 Å². The molecule has 2 N–H and O–H groups in total. The third-order valence-corrected chi connectivity index (χ3v) is 4.87. The lowest BCUT2D eigenvalue weighted by atomic mass is 10.2. The van der Waals surface area contributed by atoms with Gasteiger partial charge in [-0.1, -0.05) is 0 Å². The monoisotopic (exact) mass is 321 g/mol. The molecule has 0 fully saturated rings. The topological polar surface area (TPSA) is 43.3 Å². The van der Waals surface area contributed by atoms with Crippen molar-refractivity contribution < 1.29 is 0 Å². The van der Waals surface area contributed by atoms with Crippen LogP contribution in [0.5, 0.6) is 0 Å². The van der Waals surface area contributed by atoms with Crippen molar-refractivity contribution in [3.63, 3.8) is 0 Å². The van der Waals surface area contributed by atoms with Gasteiger partial charge in [0.1, 0.15) is 17.2 Å². The Morgan fingerprint density at radius 1 is 1.33 bits per heavy atom. The zero-order chi connectivity index (χ0) is 12.9. The Hall–Kier alpha value is -1.33. The normalized spacial score (nSPS) is 11.3. The van der Waals surface area contributed by atoms with Gasteiger partial charge in [-0.2, -0.15) is 0 Å². The van der Waals surface area contributed by atoms with E-state index in [0.29, 0.717) is 5.82 Å². The average molecular weight is 322 g/mol. The molecule has 0 aliphatic heterocycles. The fraction of sp³-hybridized carbons (Fsp3) is 0.154. The summed E-state index contributed by atoms with van der Waals surface area (Å²) >= 11 is 5.19. The largest absolute Gasteiger partial charge is 0.383 e. The summed E-state index contributed by atoms with van der Waals surface area (Å²) in [5, 5.41) is 2.06. The molecule has 0 atom stereocenters. The molecule has 0 aliphatic carbocycles. The van der Waals surface area contributed by atoms with Crippen LogP contribution >= 0.6 is 27.3 Å². The minimum Gasteiger partial charge on any atom is -0.383 e. The maximum Gasteiger partial charge on any atom is 0.139 e. The van der Waals surface area contributed by atoms with Gasteiger partial charge in [0.15, 0.2) is 0 Å². The molecule has 18 heavy (non-hydrogen) atoms. The minimum absolute atomic E-state index is 0.691. The second kappa shape index (κ2) is 4.10. The lowest BCUT2D eigenvalue weighted by molar-refractivity contribution is 1.16. The van der Waals surface area contributed by atoms with E-state index in [1.54, 1.807) is 11.3 Å². The fourth-order valence-electron chi connectivity index (χ4n) is 1.96. The van der Waals surface area contributed by atoms with Crippen LogP contribution in [0, 0.1) is 13.8 Å². The summed E-state index contributed by atoms with van der Waals surface area (Å²) in [7, 11) is 0. The van der Waals surface area contributed by atoms with Crippen molar-refractivity contribution in [3.8, 4) is 10.6 Å². The highest BCUT2D eigenvalue weighted by Crippen LogP contribution is 2.34. The van der Waals surface area contributed by atoms with Gasteiger partial charge in [-0.25, -0.2) is 4.98 Å². The number of aryl methyl sites for hydroxylation is 2. The highest BCUT2D eigenvalue weighted by atomic mass is 79.9. The number of nitrogens with zero attached hydrogens (tertiary/aromatic N) is 2. The lowest BCUT2D eigenvalue weighted by Crippen LogP contribution is -1.94. The standard InChI is InChI=1S/C13H12BrN3S/c1-7-3-4-18-12(7)11-13(15)17-6-9(14)8(2)5-10(17)16-11/h3-6H,15H2,1-2H3. The zero-order valence-corrected chi connectivity index (χ0v) is 12.5. The van der Waals surface area contributed by atoms with Crippen molar-refractivity contribution in [3.05, 3.63) is 39.3 Å². The van der Waals surface area contributed by atoms with E-state index in [-0.39, 0.29) is 0 Å². The Morgan fingerprint density at radius 3 is 2.78 bits per heavy atom. The molecule has 0 saturated heterocycles. The quantitative estimate of drug-likeness (QED) is 0.735. The van der Waals surface area contributed by atoms with E-state index in [2.05, 4.69) is 39.3 Å². The van der Waals surface area contributed by atoms with Crippen molar-refractivity contribution in [2.24, 2.45) is 0 Å². The summed E-state index contributed by atoms with van der Waals surface area (Å²) in [4.78, 5) is 5.79. The van der Waals surface area contributed by atoms with Gasteiger partial charge in [0.2, 0.25) is 0 Å². The molecule has 0 spiro atoms. The van der Waals surface area contributed by atoms with Gasteiger partial charge in [0.25, 0.3) is 0 Å². The Morgan fingerprint density at radius 2 is 2.11 bits per heavy atom. The lowest BCUT2D eigenvalue weighted by Gasteiger charge is -2.01. The number of halogens is 1. The molecule has 3 aromatic rings. The Kier molecular flexibility index (Phi) is 2.68. The number of rotatable bonds is 1. The molecule has 0 aliphatic rings. The smallest absolute Gasteiger partial charge is 0.139 e. The maximum atomic E-state index is 6.20. The summed E-state index contributed by atoms with van der Waals surface area (Å²) in [5.41, 5.74) is 10.3. The van der Waals surface area contributed by atoms with E-state index in [9.17, 15) is 0 Å². The molecular formula is C13H12BrN3S. The number of imidazole rings is 1. The number of pyridine rings is 1. The molecule has 0 aromatic carbocycles. The first-order chi connectivity index (χ1) is 8.58. The molecule has 3 nitrogen and oxygen atoms in total. The van der Waals surface area contributed by atoms with Crippen LogP contribution in [0.15, 0.2) is 28.2 Å². The van der Waals surface area contributed by atoms with Gasteiger partial charge < -0.3 is 5.73 Å². The van der Waals surface area contributed by atoms with Gasteiger partial charge in [-0.05, 0) is 58.4 Å². The van der Waals surface area contributed by atoms with Crippen molar-refractivity contribution in [1.29, 1.82) is 0 Å². The third kappa shape index (κ3) is 1.66. The van der Waals surface area contributed by atoms with Crippen LogP contribution < -0.4 is 5.73 Å². The Labute approximate surface area is 117 Å². The van der Waals surface area contributed by atoms with E-state index in [4.69, 9.17) is 5.73 Å². The molecule has 0 unspecified atom stereocenters. The van der Waals surface area contributed by atoms with Gasteiger partial charge >= 0.3 is 0 Å². The van der Waals surface area contributed by atoms with Crippen LogP contribution in [-0.2, 0) is 0 Å². The highest BCUT2D eigenvalue weighted by molar-refractivity contribution is 9.10. The van der Waals surface area contributed by atoms with Crippen LogP contribution in [0.25, 0.3) is 16.2 Å². The molecule has 3 heterocycles. The van der Waals surface area contributed by atoms with E-state index in [1.165, 1.54) is 5.56 Å². The minimum atomic E-state index is 0.691. The van der Waals surface area contributed by atoms with Crippen LogP contribution in [0.2, 0.25) is 0 Å². The third-order valence-electron chi connectivity index (χ3n) is 3.02. The highest BCUT2D eigenvalue weighted by Gasteiger charge is 2.15. The predicted octanol–water partition coefficient (Wildman–Crippen LogP) is 4.02. The van der Waals surface area contributed by atoms with Crippen molar-refractivity contribution in [1.82, 2.24) is 9.38 Å². The molecule has 3 rings (SSSR count). The molecule has 92 valence electrons. The Balaban J connectivity index is 2.33. The first-order valence-electron chi connectivity index (χ1n) is 5.56. The summed E-state index contributed by atoms with van der Waals surface area (Å²) in [5.74, 6) is 0.691. The molecule has 0 saturated carbocycles. The van der Waals surface area contributed by atoms with Crippen LogP contribution in [0.4, 0.5) is 5.82 Å². The van der Waals surface area contributed by atoms with E-state index < -0.39 is 0 Å². The first kappa shape index (κ1) is 11.7. The van der Waals surface area contributed by atoms with Gasteiger partial charge in [-0.3, -0.25) is 4.40 Å². The molecule has 5 heteroatoms. The van der Waals surface area contributed by atoms with Crippen LogP contribution in [0.1, 0.15) is 11.1 Å². The number of hydrogen-bond acceptors (Lipinski definition) is 3. The maximum absolute atomic E-state index is 6.20. The SMILES string of the molecule is Cc1cc2nc(-c3sccc3C)c(N)n2cc1Br. The van der Waals surface area contributed by atoms with Gasteiger partial charge in [-0.15, -0.1) is 11.3 Å². The second-order valence-electron chi connectivity index (χ2n) is 4.31. The van der Waals surface area contributed by atoms with E-state index in [0.717, 1.165) is 26.3 Å². The van der Waals surface area contributed by atoms with Crippen LogP contribution in [-0.4, -0.2) is 9.38 Å². The predicted molar refractivity (Wildman–Crippen MR) is 80.1 cm³/mol. The summed E-state index contributed by atoms with van der Waals surface area (Å²) in [6.07, 6.45) is 1.97. The number of anilines is 1. The summed E-state index contributed by atoms with van der Waals surface area (Å²) < 4.78 is 2.96. The number of nitrogens with two attached hydrogens (primary N) is 1. The second-order valence-corrected chi connectivity index (χ2v) is 6.08. The number of thiophene rings is 1. The number of nitrogen functional groups attached to an aromatic ring is 1. The molecule has 0 bridgehead atoms. The summed E-state index contributed by atoms with van der Waals surface area (Å²) in [6.45, 7) is 4.13. The molecule has 0 amide bonds. The van der Waals surface area contributed by atoms with Crippen molar-refractivity contribution in [2.45, 2.75) is 13.8 Å². The molecule has 0 radical (unpaired) electrons. The first-order valence-corrected chi connectivity index (χ1v) is 7.23. The summed E-state index contributed by atoms with van der Waals surface area (Å²) in [6, 6.07) is 4.12. The number of fused-ring (bicyclic) bond motifs is 1. The number of hydrogen-bond donors (Lipinski definition) is 1. The Bertz CT molecular complexity index is 742. The van der Waals surface area contributed by atoms with Gasteiger partial charge in [0.05, 0.1) is 4.88 Å². The zero-order valence-electron chi connectivity index (χ0n) is 10.1. The molecular weight excluding hydrogens is 310 g/mol. The van der Waals surface area contributed by atoms with Crippen molar-refractivity contribution in [2.75, 3.05) is 5.73 Å². The van der Waals surface area contributed by atoms with E-state index in [1.807, 2.05) is 23.6 Å². The number of aromatic nitrogens is 2.